The van der Waals surface area contributed by atoms with Crippen LogP contribution in [0.4, 0.5) is 14.3 Å². The molecule has 4 aromatic rings. The summed E-state index contributed by atoms with van der Waals surface area (Å²) in [4.78, 5) is 48.8. The van der Waals surface area contributed by atoms with Gasteiger partial charge in [0.25, 0.3) is 0 Å². The van der Waals surface area contributed by atoms with Gasteiger partial charge in [0.2, 0.25) is 11.8 Å². The number of nitriles is 1. The number of nitrogen functional groups attached to an aromatic ring is 1. The molecule has 3 heterocycles. The van der Waals surface area contributed by atoms with Crippen LogP contribution in [0.25, 0.3) is 10.2 Å². The second-order valence-corrected chi connectivity index (χ2v) is 12.8. The molecule has 0 radical (unpaired) electrons. The van der Waals surface area contributed by atoms with Crippen LogP contribution in [-0.2, 0) is 29.1 Å². The molecule has 1 unspecified atom stereocenters. The van der Waals surface area contributed by atoms with E-state index >= 15 is 0 Å². The van der Waals surface area contributed by atoms with Crippen molar-refractivity contribution in [2.24, 2.45) is 0 Å². The Balaban J connectivity index is 1.31. The molecule has 2 aliphatic heterocycles. The quantitative estimate of drug-likeness (QED) is 0.263. The number of aromatic nitrogens is 1. The summed E-state index contributed by atoms with van der Waals surface area (Å²) in [5, 5.41) is 16.3. The van der Waals surface area contributed by atoms with Crippen molar-refractivity contribution in [1.82, 2.24) is 30.1 Å². The van der Waals surface area contributed by atoms with E-state index < -0.39 is 24.1 Å². The molecule has 0 aliphatic carbocycles. The maximum atomic E-state index is 14.1. The van der Waals surface area contributed by atoms with Crippen LogP contribution in [0.1, 0.15) is 16.7 Å². The van der Waals surface area contributed by atoms with Crippen molar-refractivity contribution < 1.29 is 18.8 Å². The van der Waals surface area contributed by atoms with E-state index in [1.54, 1.807) is 35.2 Å². The second kappa shape index (κ2) is 13.1. The molecule has 11 nitrogen and oxygen atoms in total. The third-order valence-corrected chi connectivity index (χ3v) is 9.57. The number of piperazine rings is 1. The fourth-order valence-corrected chi connectivity index (χ4v) is 6.96. The molecular formula is C31H27Cl2FN8O3S. The number of hydrazine groups is 1. The topological polar surface area (TPSA) is 139 Å². The summed E-state index contributed by atoms with van der Waals surface area (Å²) in [5.74, 6) is -1.09. The number of carbonyl (C=O) groups excluding carboxylic acids is 3. The number of para-hydroxylation sites is 1. The number of nitrogens with one attached hydrogen (secondary N) is 1. The molecule has 15 heteroatoms. The average molecular weight is 682 g/mol. The Labute approximate surface area is 277 Å². The predicted octanol–water partition coefficient (Wildman–Crippen LogP) is 4.40. The molecule has 1 aromatic heterocycles. The summed E-state index contributed by atoms with van der Waals surface area (Å²) < 4.78 is 14.6. The number of nitrogens with two attached hydrogens (primary N) is 1. The number of thiazole rings is 1. The third kappa shape index (κ3) is 6.29. The highest BCUT2D eigenvalue weighted by Gasteiger charge is 2.52. The largest absolute Gasteiger partial charge is 0.375 e. The SMILES string of the molecule is N#CCN(C(=O)NCc1ccc(Cl)c(Cl)c1)N1CC(=O)N2C1CN(Cc1cccc3sc(N)nc13)C(=O)[C@@H]2Cc1ccc(F)cc1. The van der Waals surface area contributed by atoms with Gasteiger partial charge in [-0.25, -0.2) is 19.2 Å². The zero-order chi connectivity index (χ0) is 32.5. The van der Waals surface area contributed by atoms with Gasteiger partial charge in [-0.2, -0.15) is 10.3 Å². The molecule has 4 amide bonds. The van der Waals surface area contributed by atoms with Crippen molar-refractivity contribution in [3.63, 3.8) is 0 Å². The van der Waals surface area contributed by atoms with Gasteiger partial charge in [0.1, 0.15) is 24.6 Å². The zero-order valence-corrected chi connectivity index (χ0v) is 26.5. The van der Waals surface area contributed by atoms with E-state index in [4.69, 9.17) is 28.9 Å². The zero-order valence-electron chi connectivity index (χ0n) is 24.2. The van der Waals surface area contributed by atoms with Crippen LogP contribution in [0.2, 0.25) is 10.0 Å². The highest BCUT2D eigenvalue weighted by molar-refractivity contribution is 7.22. The molecule has 0 saturated carbocycles. The van der Waals surface area contributed by atoms with Crippen molar-refractivity contribution in [2.75, 3.05) is 25.4 Å². The number of hydrogen-bond acceptors (Lipinski definition) is 8. The normalized spacial score (nSPS) is 18.1. The molecule has 0 spiro atoms. The van der Waals surface area contributed by atoms with Crippen LogP contribution < -0.4 is 11.1 Å². The molecular weight excluding hydrogens is 654 g/mol. The van der Waals surface area contributed by atoms with Crippen LogP contribution in [0.15, 0.2) is 60.7 Å². The summed E-state index contributed by atoms with van der Waals surface area (Å²) in [5.41, 5.74) is 8.78. The number of carbonyl (C=O) groups is 3. The molecule has 0 bridgehead atoms. The number of fused-ring (bicyclic) bond motifs is 2. The van der Waals surface area contributed by atoms with E-state index in [1.165, 1.54) is 38.4 Å². The fraction of sp³-hybridized carbons (Fsp3) is 0.258. The second-order valence-electron chi connectivity index (χ2n) is 10.9. The van der Waals surface area contributed by atoms with Crippen LogP contribution in [-0.4, -0.2) is 74.5 Å². The van der Waals surface area contributed by atoms with Crippen LogP contribution in [0.5, 0.6) is 0 Å². The van der Waals surface area contributed by atoms with Gasteiger partial charge in [-0.05, 0) is 47.0 Å². The van der Waals surface area contributed by atoms with E-state index in [0.717, 1.165) is 10.3 Å². The molecule has 2 atom stereocenters. The number of anilines is 1. The summed E-state index contributed by atoms with van der Waals surface area (Å²) in [6.45, 7) is -0.257. The Kier molecular flexibility index (Phi) is 8.97. The Bertz CT molecular complexity index is 1870. The lowest BCUT2D eigenvalue weighted by Gasteiger charge is -2.46. The standard InChI is InChI=1S/C31H27Cl2FN8O3S/c32-22-9-6-19(12-23(22)33)14-37-31(45)40(11-10-35)41-17-27(43)42-24(13-18-4-7-21(34)8-5-18)29(44)39(16-26(41)42)15-20-2-1-3-25-28(20)38-30(36)46-25/h1-9,12,24,26H,11,13-17H2,(H2,36,38)(H,37,45)/t24-,26?/m0/s1. The lowest BCUT2D eigenvalue weighted by Crippen LogP contribution is -2.66. The van der Waals surface area contributed by atoms with Crippen molar-refractivity contribution in [3.8, 4) is 6.07 Å². The monoisotopic (exact) mass is 680 g/mol. The third-order valence-electron chi connectivity index (χ3n) is 7.98. The summed E-state index contributed by atoms with van der Waals surface area (Å²) in [6, 6.07) is 16.8. The summed E-state index contributed by atoms with van der Waals surface area (Å²) >= 11 is 13.5. The first-order valence-electron chi connectivity index (χ1n) is 14.2. The van der Waals surface area contributed by atoms with E-state index in [2.05, 4.69) is 10.3 Å². The number of nitrogens with zero attached hydrogens (tertiary/aromatic N) is 6. The Morgan fingerprint density at radius 2 is 1.89 bits per heavy atom. The van der Waals surface area contributed by atoms with Gasteiger partial charge in [-0.3, -0.25) is 9.59 Å². The maximum Gasteiger partial charge on any atom is 0.333 e. The average Bonchev–Trinajstić information content (AvgIpc) is 3.58. The Morgan fingerprint density at radius 3 is 2.63 bits per heavy atom. The number of amides is 4. The molecule has 6 rings (SSSR count). The van der Waals surface area contributed by atoms with Crippen LogP contribution in [0.3, 0.4) is 0 Å². The van der Waals surface area contributed by atoms with Gasteiger partial charge >= 0.3 is 6.03 Å². The lowest BCUT2D eigenvalue weighted by molar-refractivity contribution is -0.157. The van der Waals surface area contributed by atoms with Gasteiger partial charge in [-0.15, -0.1) is 0 Å². The number of halogens is 3. The van der Waals surface area contributed by atoms with Gasteiger partial charge in [0, 0.05) is 19.5 Å². The number of benzene rings is 3. The van der Waals surface area contributed by atoms with E-state index in [0.29, 0.717) is 31.8 Å². The Hall–Kier alpha value is -4.48. The highest BCUT2D eigenvalue weighted by atomic mass is 35.5. The van der Waals surface area contributed by atoms with Crippen molar-refractivity contribution >= 4 is 67.7 Å². The smallest absolute Gasteiger partial charge is 0.333 e. The maximum absolute atomic E-state index is 14.1. The van der Waals surface area contributed by atoms with E-state index in [9.17, 15) is 24.0 Å². The molecule has 46 heavy (non-hydrogen) atoms. The van der Waals surface area contributed by atoms with Gasteiger partial charge in [0.05, 0.1) is 39.4 Å². The number of urea groups is 1. The Morgan fingerprint density at radius 1 is 1.13 bits per heavy atom. The fourth-order valence-electron chi connectivity index (χ4n) is 5.85. The first-order chi connectivity index (χ1) is 22.1. The number of hydrogen-bond donors (Lipinski definition) is 2. The predicted molar refractivity (Wildman–Crippen MR) is 172 cm³/mol. The first kappa shape index (κ1) is 31.5. The molecule has 2 fully saturated rings. The van der Waals surface area contributed by atoms with Gasteiger partial charge in [-0.1, -0.05) is 64.9 Å². The summed E-state index contributed by atoms with van der Waals surface area (Å²) in [6.07, 6.45) is -0.638. The minimum Gasteiger partial charge on any atom is -0.375 e. The molecule has 3 N–H and O–H groups in total. The van der Waals surface area contributed by atoms with Crippen molar-refractivity contribution in [3.05, 3.63) is 93.2 Å². The first-order valence-corrected chi connectivity index (χ1v) is 15.8. The highest BCUT2D eigenvalue weighted by Crippen LogP contribution is 2.32. The van der Waals surface area contributed by atoms with Gasteiger partial charge in [0.15, 0.2) is 5.13 Å². The molecule has 236 valence electrons. The lowest BCUT2D eigenvalue weighted by atomic mass is 10.00. The number of rotatable bonds is 8. The van der Waals surface area contributed by atoms with Crippen molar-refractivity contribution in [2.45, 2.75) is 31.7 Å². The van der Waals surface area contributed by atoms with Crippen molar-refractivity contribution in [1.29, 1.82) is 5.26 Å². The molecule has 2 saturated heterocycles. The summed E-state index contributed by atoms with van der Waals surface area (Å²) in [7, 11) is 0. The van der Waals surface area contributed by atoms with E-state index in [-0.39, 0.29) is 51.0 Å². The van der Waals surface area contributed by atoms with Crippen LogP contribution in [0, 0.1) is 17.1 Å². The minimum absolute atomic E-state index is 0.0580. The molecule has 3 aromatic carbocycles. The van der Waals surface area contributed by atoms with E-state index in [1.807, 2.05) is 24.3 Å². The molecule has 2 aliphatic rings. The van der Waals surface area contributed by atoms with Crippen LogP contribution >= 0.6 is 34.5 Å². The minimum atomic E-state index is -0.940. The van der Waals surface area contributed by atoms with Gasteiger partial charge < -0.3 is 20.9 Å².